The van der Waals surface area contributed by atoms with Crippen LogP contribution < -0.4 is 5.32 Å². The molecule has 2 nitrogen and oxygen atoms in total. The molecule has 2 aromatic rings. The summed E-state index contributed by atoms with van der Waals surface area (Å²) in [5.74, 6) is -1.57. The second-order valence-electron chi connectivity index (χ2n) is 3.71. The largest absolute Gasteiger partial charge is 0.321 e. The number of rotatable bonds is 2. The van der Waals surface area contributed by atoms with Crippen molar-refractivity contribution in [1.82, 2.24) is 0 Å². The summed E-state index contributed by atoms with van der Waals surface area (Å²) in [6.45, 7) is 0. The van der Waals surface area contributed by atoms with E-state index in [1.807, 2.05) is 0 Å². The lowest BCUT2D eigenvalue weighted by molar-refractivity contribution is 0.102. The van der Waals surface area contributed by atoms with Crippen LogP contribution in [0.25, 0.3) is 0 Å². The molecular weight excluding hydrogens is 340 g/mol. The van der Waals surface area contributed by atoms with E-state index in [9.17, 15) is 13.6 Å². The van der Waals surface area contributed by atoms with Crippen LogP contribution >= 0.6 is 27.5 Å². The van der Waals surface area contributed by atoms with E-state index in [1.165, 1.54) is 24.3 Å². The SMILES string of the molecule is O=C(Nc1ccc(F)cc1Cl)c1ccc(Br)c(F)c1. The van der Waals surface area contributed by atoms with Crippen LogP contribution in [-0.2, 0) is 0 Å². The first-order valence-corrected chi connectivity index (χ1v) is 6.36. The topological polar surface area (TPSA) is 29.1 Å². The molecule has 0 bridgehead atoms. The van der Waals surface area contributed by atoms with Gasteiger partial charge in [-0.05, 0) is 52.3 Å². The Kier molecular flexibility index (Phi) is 4.17. The van der Waals surface area contributed by atoms with Gasteiger partial charge >= 0.3 is 0 Å². The van der Waals surface area contributed by atoms with Gasteiger partial charge in [-0.3, -0.25) is 4.79 Å². The fraction of sp³-hybridized carbons (Fsp3) is 0. The molecule has 0 heterocycles. The molecule has 19 heavy (non-hydrogen) atoms. The van der Waals surface area contributed by atoms with Crippen LogP contribution in [0.15, 0.2) is 40.9 Å². The van der Waals surface area contributed by atoms with Crippen molar-refractivity contribution < 1.29 is 13.6 Å². The first-order valence-electron chi connectivity index (χ1n) is 5.19. The lowest BCUT2D eigenvalue weighted by Gasteiger charge is -2.07. The predicted molar refractivity (Wildman–Crippen MR) is 73.5 cm³/mol. The van der Waals surface area contributed by atoms with Gasteiger partial charge in [0.2, 0.25) is 0 Å². The number of nitrogens with one attached hydrogen (secondary N) is 1. The maximum absolute atomic E-state index is 13.3. The van der Waals surface area contributed by atoms with Crippen LogP contribution in [0.1, 0.15) is 10.4 Å². The Balaban J connectivity index is 2.23. The zero-order valence-corrected chi connectivity index (χ0v) is 11.7. The number of amides is 1. The molecule has 0 aliphatic rings. The molecule has 2 rings (SSSR count). The molecule has 2 aromatic carbocycles. The minimum atomic E-state index is -0.544. The van der Waals surface area contributed by atoms with Gasteiger partial charge in [0.25, 0.3) is 5.91 Å². The van der Waals surface area contributed by atoms with Crippen molar-refractivity contribution in [3.05, 3.63) is 63.1 Å². The summed E-state index contributed by atoms with van der Waals surface area (Å²) in [5, 5.41) is 2.56. The van der Waals surface area contributed by atoms with Crippen LogP contribution in [0.4, 0.5) is 14.5 Å². The molecule has 0 radical (unpaired) electrons. The second-order valence-corrected chi connectivity index (χ2v) is 4.97. The van der Waals surface area contributed by atoms with E-state index < -0.39 is 17.5 Å². The molecule has 0 aromatic heterocycles. The quantitative estimate of drug-likeness (QED) is 0.844. The molecule has 0 unspecified atom stereocenters. The van der Waals surface area contributed by atoms with E-state index >= 15 is 0 Å². The van der Waals surface area contributed by atoms with Gasteiger partial charge in [0.1, 0.15) is 11.6 Å². The van der Waals surface area contributed by atoms with Crippen molar-refractivity contribution in [2.75, 3.05) is 5.32 Å². The first kappa shape index (κ1) is 14.0. The number of hydrogen-bond donors (Lipinski definition) is 1. The molecule has 0 atom stereocenters. The summed E-state index contributed by atoms with van der Waals surface area (Å²) >= 11 is 8.78. The minimum absolute atomic E-state index is 0.0749. The summed E-state index contributed by atoms with van der Waals surface area (Å²) in [4.78, 5) is 11.9. The third-order valence-electron chi connectivity index (χ3n) is 2.36. The van der Waals surface area contributed by atoms with E-state index in [2.05, 4.69) is 21.2 Å². The molecule has 1 amide bonds. The lowest BCUT2D eigenvalue weighted by Crippen LogP contribution is -2.12. The number of halogens is 4. The Morgan fingerprint density at radius 3 is 2.53 bits per heavy atom. The van der Waals surface area contributed by atoms with E-state index in [-0.39, 0.29) is 20.7 Å². The molecule has 0 aliphatic carbocycles. The van der Waals surface area contributed by atoms with E-state index in [0.717, 1.165) is 12.1 Å². The molecule has 6 heteroatoms. The van der Waals surface area contributed by atoms with Gasteiger partial charge in [0.15, 0.2) is 0 Å². The maximum Gasteiger partial charge on any atom is 0.255 e. The van der Waals surface area contributed by atoms with Gasteiger partial charge in [0.05, 0.1) is 15.2 Å². The highest BCUT2D eigenvalue weighted by molar-refractivity contribution is 9.10. The van der Waals surface area contributed by atoms with E-state index in [4.69, 9.17) is 11.6 Å². The van der Waals surface area contributed by atoms with E-state index in [1.54, 1.807) is 0 Å². The highest BCUT2D eigenvalue weighted by Crippen LogP contribution is 2.23. The van der Waals surface area contributed by atoms with Gasteiger partial charge in [-0.2, -0.15) is 0 Å². The predicted octanol–water partition coefficient (Wildman–Crippen LogP) is 4.63. The monoisotopic (exact) mass is 345 g/mol. The van der Waals surface area contributed by atoms with Crippen LogP contribution in [0.3, 0.4) is 0 Å². The lowest BCUT2D eigenvalue weighted by atomic mass is 10.2. The molecule has 0 fully saturated rings. The molecule has 0 aliphatic heterocycles. The van der Waals surface area contributed by atoms with Crippen molar-refractivity contribution in [2.45, 2.75) is 0 Å². The average molecular weight is 347 g/mol. The smallest absolute Gasteiger partial charge is 0.255 e. The molecule has 0 saturated carbocycles. The van der Waals surface area contributed by atoms with Gasteiger partial charge in [-0.15, -0.1) is 0 Å². The third kappa shape index (κ3) is 3.30. The van der Waals surface area contributed by atoms with Crippen molar-refractivity contribution in [3.63, 3.8) is 0 Å². The molecule has 98 valence electrons. The summed E-state index contributed by atoms with van der Waals surface area (Å²) in [5.41, 5.74) is 0.400. The summed E-state index contributed by atoms with van der Waals surface area (Å²) in [7, 11) is 0. The van der Waals surface area contributed by atoms with Crippen molar-refractivity contribution in [2.24, 2.45) is 0 Å². The highest BCUT2D eigenvalue weighted by atomic mass is 79.9. The number of hydrogen-bond acceptors (Lipinski definition) is 1. The van der Waals surface area contributed by atoms with Crippen molar-refractivity contribution in [1.29, 1.82) is 0 Å². The first-order chi connectivity index (χ1) is 8.97. The Morgan fingerprint density at radius 1 is 1.16 bits per heavy atom. The summed E-state index contributed by atoms with van der Waals surface area (Å²) in [6.07, 6.45) is 0. The minimum Gasteiger partial charge on any atom is -0.321 e. The summed E-state index contributed by atoms with van der Waals surface area (Å²) < 4.78 is 26.4. The Labute approximate surface area is 121 Å². The van der Waals surface area contributed by atoms with Gasteiger partial charge < -0.3 is 5.32 Å². The van der Waals surface area contributed by atoms with Crippen LogP contribution in [0, 0.1) is 11.6 Å². The number of anilines is 1. The van der Waals surface area contributed by atoms with Crippen molar-refractivity contribution in [3.8, 4) is 0 Å². The normalized spacial score (nSPS) is 10.3. The fourth-order valence-corrected chi connectivity index (χ4v) is 1.88. The number of carbonyl (C=O) groups is 1. The Hall–Kier alpha value is -1.46. The third-order valence-corrected chi connectivity index (χ3v) is 3.32. The average Bonchev–Trinajstić information content (AvgIpc) is 2.36. The molecule has 0 saturated heterocycles. The maximum atomic E-state index is 13.3. The zero-order chi connectivity index (χ0) is 14.0. The Bertz CT molecular complexity index is 649. The zero-order valence-electron chi connectivity index (χ0n) is 9.38. The van der Waals surface area contributed by atoms with E-state index in [0.29, 0.717) is 0 Å². The summed E-state index contributed by atoms with van der Waals surface area (Å²) in [6, 6.07) is 7.57. The van der Waals surface area contributed by atoms with Crippen LogP contribution in [0.2, 0.25) is 5.02 Å². The van der Waals surface area contributed by atoms with Gasteiger partial charge in [0, 0.05) is 5.56 Å². The Morgan fingerprint density at radius 2 is 1.89 bits per heavy atom. The van der Waals surface area contributed by atoms with Crippen molar-refractivity contribution >= 4 is 39.1 Å². The van der Waals surface area contributed by atoms with Crippen LogP contribution in [-0.4, -0.2) is 5.91 Å². The number of benzene rings is 2. The molecule has 0 spiro atoms. The van der Waals surface area contributed by atoms with Gasteiger partial charge in [-0.1, -0.05) is 11.6 Å². The van der Waals surface area contributed by atoms with Gasteiger partial charge in [-0.25, -0.2) is 8.78 Å². The highest BCUT2D eigenvalue weighted by Gasteiger charge is 2.11. The number of carbonyl (C=O) groups excluding carboxylic acids is 1. The second kappa shape index (κ2) is 5.67. The fourth-order valence-electron chi connectivity index (χ4n) is 1.42. The molecular formula is C13H7BrClF2NO. The molecule has 1 N–H and O–H groups in total. The van der Waals surface area contributed by atoms with Crippen LogP contribution in [0.5, 0.6) is 0 Å². The standard InChI is InChI=1S/C13H7BrClF2NO/c14-9-3-1-7(5-11(9)17)13(19)18-12-4-2-8(16)6-10(12)15/h1-6H,(H,18,19).